The summed E-state index contributed by atoms with van der Waals surface area (Å²) in [4.78, 5) is 12.4. The lowest BCUT2D eigenvalue weighted by Gasteiger charge is -2.22. The number of carbonyl (C=O) groups excluding carboxylic acids is 1. The average Bonchev–Trinajstić information content (AvgIpc) is 2.90. The van der Waals surface area contributed by atoms with Crippen LogP contribution in [0, 0.1) is 0 Å². The van der Waals surface area contributed by atoms with Crippen molar-refractivity contribution in [3.05, 3.63) is 24.3 Å². The summed E-state index contributed by atoms with van der Waals surface area (Å²) in [6.45, 7) is 4.41. The lowest BCUT2D eigenvalue weighted by molar-refractivity contribution is -0.130. The van der Waals surface area contributed by atoms with Gasteiger partial charge in [0.25, 0.3) is 10.1 Å². The van der Waals surface area contributed by atoms with Crippen molar-refractivity contribution in [2.24, 2.45) is 0 Å². The molecular formula is C32H61NO6S. The van der Waals surface area contributed by atoms with E-state index in [4.69, 9.17) is 0 Å². The van der Waals surface area contributed by atoms with Crippen LogP contribution in [0.4, 0.5) is 0 Å². The van der Waals surface area contributed by atoms with Gasteiger partial charge >= 0.3 is 0 Å². The molecule has 0 aliphatic rings. The number of aliphatic hydroxyl groups is 2. The van der Waals surface area contributed by atoms with Crippen molar-refractivity contribution < 1.29 is 28.0 Å². The third kappa shape index (κ3) is 25.7. The summed E-state index contributed by atoms with van der Waals surface area (Å²) in [6.07, 6.45) is 28.2. The second-order valence-corrected chi connectivity index (χ2v) is 12.7. The normalized spacial score (nSPS) is 14.6. The van der Waals surface area contributed by atoms with E-state index >= 15 is 0 Å². The minimum absolute atomic E-state index is 0.259. The zero-order valence-corrected chi connectivity index (χ0v) is 26.4. The SMILES string of the molecule is CCCC/C=C\CCCCCC(O)C(=O)NC(CS(=O)(=O)O)C(O)/C=C/CCCCCCCCCCCCCC. The predicted molar refractivity (Wildman–Crippen MR) is 167 cm³/mol. The van der Waals surface area contributed by atoms with Crippen LogP contribution >= 0.6 is 0 Å². The quantitative estimate of drug-likeness (QED) is 0.0429. The van der Waals surface area contributed by atoms with Crippen molar-refractivity contribution in [1.82, 2.24) is 5.32 Å². The number of hydrogen-bond acceptors (Lipinski definition) is 5. The topological polar surface area (TPSA) is 124 Å². The summed E-state index contributed by atoms with van der Waals surface area (Å²) in [5, 5.41) is 23.1. The van der Waals surface area contributed by atoms with Gasteiger partial charge in [0.15, 0.2) is 0 Å². The molecule has 40 heavy (non-hydrogen) atoms. The molecule has 4 N–H and O–H groups in total. The van der Waals surface area contributed by atoms with Crippen LogP contribution in [0.1, 0.15) is 149 Å². The fourth-order valence-electron chi connectivity index (χ4n) is 4.67. The molecule has 0 aromatic rings. The van der Waals surface area contributed by atoms with Crippen LogP contribution in [0.15, 0.2) is 24.3 Å². The largest absolute Gasteiger partial charge is 0.387 e. The van der Waals surface area contributed by atoms with Crippen LogP contribution in [-0.2, 0) is 14.9 Å². The molecule has 0 aliphatic carbocycles. The Balaban J connectivity index is 4.23. The van der Waals surface area contributed by atoms with Gasteiger partial charge in [-0.25, -0.2) is 0 Å². The maximum Gasteiger partial charge on any atom is 0.267 e. The number of allylic oxidation sites excluding steroid dienone is 3. The highest BCUT2D eigenvalue weighted by atomic mass is 32.2. The lowest BCUT2D eigenvalue weighted by atomic mass is 10.0. The van der Waals surface area contributed by atoms with E-state index in [2.05, 4.69) is 31.3 Å². The van der Waals surface area contributed by atoms with Crippen LogP contribution in [0.5, 0.6) is 0 Å². The Labute approximate surface area is 246 Å². The molecule has 0 radical (unpaired) electrons. The molecule has 7 nitrogen and oxygen atoms in total. The molecule has 236 valence electrons. The Hall–Kier alpha value is -1.22. The third-order valence-corrected chi connectivity index (χ3v) is 8.01. The maximum atomic E-state index is 12.4. The summed E-state index contributed by atoms with van der Waals surface area (Å²) in [6, 6.07) is -1.23. The van der Waals surface area contributed by atoms with Crippen molar-refractivity contribution in [3.63, 3.8) is 0 Å². The molecule has 0 fully saturated rings. The van der Waals surface area contributed by atoms with E-state index in [1.54, 1.807) is 6.08 Å². The molecule has 1 amide bonds. The van der Waals surface area contributed by atoms with Gasteiger partial charge in [0.1, 0.15) is 6.10 Å². The Bertz CT molecular complexity index is 753. The Kier molecular flexibility index (Phi) is 25.9. The molecule has 3 atom stereocenters. The highest BCUT2D eigenvalue weighted by molar-refractivity contribution is 7.85. The Morgan fingerprint density at radius 3 is 1.65 bits per heavy atom. The summed E-state index contributed by atoms with van der Waals surface area (Å²) in [5.74, 6) is -1.55. The van der Waals surface area contributed by atoms with E-state index < -0.39 is 40.0 Å². The van der Waals surface area contributed by atoms with Gasteiger partial charge in [0, 0.05) is 0 Å². The molecule has 0 saturated heterocycles. The fraction of sp³-hybridized carbons (Fsp3) is 0.844. The first-order chi connectivity index (χ1) is 19.2. The van der Waals surface area contributed by atoms with Gasteiger partial charge in [-0.3, -0.25) is 9.35 Å². The lowest BCUT2D eigenvalue weighted by Crippen LogP contribution is -2.50. The van der Waals surface area contributed by atoms with E-state index in [1.807, 2.05) is 0 Å². The number of rotatable bonds is 28. The number of amides is 1. The predicted octanol–water partition coefficient (Wildman–Crippen LogP) is 7.43. The molecule has 0 rings (SSSR count). The van der Waals surface area contributed by atoms with E-state index in [-0.39, 0.29) is 6.42 Å². The van der Waals surface area contributed by atoms with Crippen LogP contribution in [0.25, 0.3) is 0 Å². The van der Waals surface area contributed by atoms with E-state index in [1.165, 1.54) is 83.1 Å². The van der Waals surface area contributed by atoms with Gasteiger partial charge in [0.2, 0.25) is 5.91 Å². The zero-order chi connectivity index (χ0) is 29.9. The van der Waals surface area contributed by atoms with Crippen molar-refractivity contribution in [1.29, 1.82) is 0 Å². The smallest absolute Gasteiger partial charge is 0.267 e. The van der Waals surface area contributed by atoms with Gasteiger partial charge < -0.3 is 15.5 Å². The number of hydrogen-bond donors (Lipinski definition) is 4. The van der Waals surface area contributed by atoms with Gasteiger partial charge in [0.05, 0.1) is 17.9 Å². The minimum atomic E-state index is -4.43. The van der Waals surface area contributed by atoms with Gasteiger partial charge in [-0.05, 0) is 38.5 Å². The molecule has 0 heterocycles. The molecule has 0 spiro atoms. The van der Waals surface area contributed by atoms with Crippen LogP contribution < -0.4 is 5.32 Å². The fourth-order valence-corrected chi connectivity index (χ4v) is 5.40. The van der Waals surface area contributed by atoms with E-state index in [0.29, 0.717) is 6.42 Å². The summed E-state index contributed by atoms with van der Waals surface area (Å²) >= 11 is 0. The number of carbonyl (C=O) groups is 1. The number of aliphatic hydroxyl groups excluding tert-OH is 2. The second-order valence-electron chi connectivity index (χ2n) is 11.2. The maximum absolute atomic E-state index is 12.4. The molecular weight excluding hydrogens is 526 g/mol. The first-order valence-electron chi connectivity index (χ1n) is 16.1. The minimum Gasteiger partial charge on any atom is -0.387 e. The van der Waals surface area contributed by atoms with Gasteiger partial charge in [-0.1, -0.05) is 134 Å². The standard InChI is InChI=1S/C32H61NO6S/c1-3-5-7-9-11-13-14-15-16-17-19-20-22-24-26-30(34)29(28-40(37,38)39)33-32(36)31(35)27-25-23-21-18-12-10-8-6-4-2/h10,12,24,26,29-31,34-35H,3-9,11,13-23,25,27-28H2,1-2H3,(H,33,36)(H,37,38,39)/b12-10-,26-24+. The molecule has 8 heteroatoms. The molecule has 0 aliphatic heterocycles. The summed E-state index contributed by atoms with van der Waals surface area (Å²) in [7, 11) is -4.43. The second kappa shape index (κ2) is 26.7. The van der Waals surface area contributed by atoms with Gasteiger partial charge in [-0.15, -0.1) is 0 Å². The molecule has 0 aromatic carbocycles. The number of nitrogens with one attached hydrogen (secondary N) is 1. The van der Waals surface area contributed by atoms with Gasteiger partial charge in [-0.2, -0.15) is 8.42 Å². The van der Waals surface area contributed by atoms with Crippen LogP contribution in [0.2, 0.25) is 0 Å². The van der Waals surface area contributed by atoms with Crippen molar-refractivity contribution in [2.75, 3.05) is 5.75 Å². The Morgan fingerprint density at radius 2 is 1.12 bits per heavy atom. The molecule has 0 bridgehead atoms. The van der Waals surface area contributed by atoms with Crippen LogP contribution in [0.3, 0.4) is 0 Å². The average molecular weight is 588 g/mol. The summed E-state index contributed by atoms with van der Waals surface area (Å²) < 4.78 is 32.2. The molecule has 0 aromatic heterocycles. The first kappa shape index (κ1) is 38.8. The highest BCUT2D eigenvalue weighted by Gasteiger charge is 2.27. The number of unbranched alkanes of at least 4 members (excludes halogenated alkanes) is 17. The molecule has 3 unspecified atom stereocenters. The third-order valence-electron chi connectivity index (χ3n) is 7.23. The zero-order valence-electron chi connectivity index (χ0n) is 25.6. The van der Waals surface area contributed by atoms with E-state index in [9.17, 15) is 28.0 Å². The summed E-state index contributed by atoms with van der Waals surface area (Å²) in [5.41, 5.74) is 0. The van der Waals surface area contributed by atoms with Crippen molar-refractivity contribution in [3.8, 4) is 0 Å². The molecule has 0 saturated carbocycles. The Morgan fingerprint density at radius 1 is 0.675 bits per heavy atom. The monoisotopic (exact) mass is 587 g/mol. The van der Waals surface area contributed by atoms with Crippen molar-refractivity contribution >= 4 is 16.0 Å². The van der Waals surface area contributed by atoms with Crippen molar-refractivity contribution in [2.45, 2.75) is 167 Å². The highest BCUT2D eigenvalue weighted by Crippen LogP contribution is 2.13. The van der Waals surface area contributed by atoms with Crippen LogP contribution in [-0.4, -0.2) is 53.1 Å². The van der Waals surface area contributed by atoms with E-state index in [0.717, 1.165) is 44.9 Å². The first-order valence-corrected chi connectivity index (χ1v) is 17.8.